The van der Waals surface area contributed by atoms with Gasteiger partial charge < -0.3 is 10.6 Å². The van der Waals surface area contributed by atoms with Crippen LogP contribution in [0.2, 0.25) is 0 Å². The molecule has 0 unspecified atom stereocenters. The van der Waals surface area contributed by atoms with E-state index in [0.717, 1.165) is 30.4 Å². The van der Waals surface area contributed by atoms with Crippen LogP contribution in [0.5, 0.6) is 0 Å². The summed E-state index contributed by atoms with van der Waals surface area (Å²) < 4.78 is 0. The number of halogens is 1. The maximum atomic E-state index is 12.1. The predicted octanol–water partition coefficient (Wildman–Crippen LogP) is 1.25. The Morgan fingerprint density at radius 1 is 1.35 bits per heavy atom. The molecule has 1 aromatic carbocycles. The van der Waals surface area contributed by atoms with Gasteiger partial charge in [0, 0.05) is 31.1 Å². The average Bonchev–Trinajstić information content (AvgIpc) is 2.78. The number of benzene rings is 1. The zero-order valence-corrected chi connectivity index (χ0v) is 14.0. The van der Waals surface area contributed by atoms with Crippen molar-refractivity contribution >= 4 is 41.2 Å². The Kier molecular flexibility index (Phi) is 6.04. The normalized spacial score (nSPS) is 17.7. The molecule has 0 aromatic heterocycles. The van der Waals surface area contributed by atoms with E-state index in [0.29, 0.717) is 18.0 Å². The first kappa shape index (κ1) is 17.8. The van der Waals surface area contributed by atoms with Crippen molar-refractivity contribution in [2.45, 2.75) is 6.54 Å². The van der Waals surface area contributed by atoms with Gasteiger partial charge in [0.1, 0.15) is 0 Å². The fourth-order valence-electron chi connectivity index (χ4n) is 2.36. The van der Waals surface area contributed by atoms with Crippen LogP contribution in [0.15, 0.2) is 24.3 Å². The van der Waals surface area contributed by atoms with Crippen molar-refractivity contribution in [2.75, 3.05) is 25.4 Å². The molecule has 0 bridgehead atoms. The van der Waals surface area contributed by atoms with Gasteiger partial charge in [-0.2, -0.15) is 0 Å². The minimum absolute atomic E-state index is 0. The molecule has 2 saturated heterocycles. The number of amides is 3. The highest BCUT2D eigenvalue weighted by atomic mass is 35.5. The van der Waals surface area contributed by atoms with Crippen LogP contribution in [0, 0.1) is 5.92 Å². The first-order valence-electron chi connectivity index (χ1n) is 7.18. The smallest absolute Gasteiger partial charge is 0.289 e. The van der Waals surface area contributed by atoms with Crippen molar-refractivity contribution in [1.82, 2.24) is 15.5 Å². The molecule has 23 heavy (non-hydrogen) atoms. The van der Waals surface area contributed by atoms with E-state index in [4.69, 9.17) is 0 Å². The van der Waals surface area contributed by atoms with E-state index in [2.05, 4.69) is 10.6 Å². The third-order valence-electron chi connectivity index (χ3n) is 3.79. The number of hydrogen-bond donors (Lipinski definition) is 2. The van der Waals surface area contributed by atoms with Crippen LogP contribution >= 0.6 is 24.2 Å². The summed E-state index contributed by atoms with van der Waals surface area (Å²) in [6.07, 6.45) is 0. The van der Waals surface area contributed by atoms with Crippen LogP contribution in [-0.4, -0.2) is 47.3 Å². The van der Waals surface area contributed by atoms with Crippen LogP contribution in [0.1, 0.15) is 15.9 Å². The summed E-state index contributed by atoms with van der Waals surface area (Å²) >= 11 is 1.02. The average molecular weight is 356 g/mol. The quantitative estimate of drug-likeness (QED) is 0.831. The molecule has 0 radical (unpaired) electrons. The van der Waals surface area contributed by atoms with Crippen LogP contribution < -0.4 is 10.6 Å². The highest BCUT2D eigenvalue weighted by Crippen LogP contribution is 2.21. The Labute approximate surface area is 144 Å². The van der Waals surface area contributed by atoms with Crippen molar-refractivity contribution < 1.29 is 14.4 Å². The van der Waals surface area contributed by atoms with Crippen molar-refractivity contribution in [1.29, 1.82) is 0 Å². The molecule has 2 heterocycles. The fraction of sp³-hybridized carbons (Fsp3) is 0.400. The molecule has 3 amide bonds. The molecule has 2 N–H and O–H groups in total. The minimum Gasteiger partial charge on any atom is -0.352 e. The maximum absolute atomic E-state index is 12.1. The Bertz CT molecular complexity index is 606. The highest BCUT2D eigenvalue weighted by molar-refractivity contribution is 8.14. The molecule has 3 rings (SSSR count). The van der Waals surface area contributed by atoms with Gasteiger partial charge in [-0.3, -0.25) is 19.3 Å². The monoisotopic (exact) mass is 355 g/mol. The Morgan fingerprint density at radius 3 is 2.74 bits per heavy atom. The molecule has 0 saturated carbocycles. The van der Waals surface area contributed by atoms with Gasteiger partial charge in [0.15, 0.2) is 0 Å². The lowest BCUT2D eigenvalue weighted by Gasteiger charge is -2.27. The Hall–Kier alpha value is -1.57. The van der Waals surface area contributed by atoms with Gasteiger partial charge in [-0.25, -0.2) is 0 Å². The minimum atomic E-state index is -0.225. The van der Waals surface area contributed by atoms with Crippen molar-refractivity contribution in [3.05, 3.63) is 35.4 Å². The first-order chi connectivity index (χ1) is 10.6. The van der Waals surface area contributed by atoms with Crippen LogP contribution in [-0.2, 0) is 11.3 Å². The maximum Gasteiger partial charge on any atom is 0.289 e. The zero-order chi connectivity index (χ0) is 15.5. The van der Waals surface area contributed by atoms with Crippen LogP contribution in [0.25, 0.3) is 0 Å². The lowest BCUT2D eigenvalue weighted by Crippen LogP contribution is -2.48. The van der Waals surface area contributed by atoms with Gasteiger partial charge in [-0.15, -0.1) is 12.4 Å². The van der Waals surface area contributed by atoms with Crippen molar-refractivity contribution in [3.8, 4) is 0 Å². The topological polar surface area (TPSA) is 78.5 Å². The van der Waals surface area contributed by atoms with E-state index in [1.807, 2.05) is 6.07 Å². The molecule has 2 aliphatic heterocycles. The number of imide groups is 1. The highest BCUT2D eigenvalue weighted by Gasteiger charge is 2.29. The molecule has 124 valence electrons. The summed E-state index contributed by atoms with van der Waals surface area (Å²) in [7, 11) is 0. The van der Waals surface area contributed by atoms with E-state index in [1.165, 1.54) is 4.90 Å². The summed E-state index contributed by atoms with van der Waals surface area (Å²) in [5.74, 6) is 0.405. The SMILES string of the molecule is Cl.O=C(NCC1CNC1)c1cccc(CN2C(=O)CSC2=O)c1. The van der Waals surface area contributed by atoms with E-state index in [9.17, 15) is 14.4 Å². The molecule has 2 aliphatic rings. The fourth-order valence-corrected chi connectivity index (χ4v) is 3.08. The number of carbonyl (C=O) groups excluding carboxylic acids is 3. The predicted molar refractivity (Wildman–Crippen MR) is 90.8 cm³/mol. The van der Waals surface area contributed by atoms with E-state index in [-0.39, 0.29) is 41.8 Å². The van der Waals surface area contributed by atoms with Gasteiger partial charge in [-0.1, -0.05) is 23.9 Å². The largest absolute Gasteiger partial charge is 0.352 e. The van der Waals surface area contributed by atoms with Crippen molar-refractivity contribution in [3.63, 3.8) is 0 Å². The number of nitrogens with zero attached hydrogens (tertiary/aromatic N) is 1. The number of nitrogens with one attached hydrogen (secondary N) is 2. The molecule has 0 aliphatic carbocycles. The Balaban J connectivity index is 0.00000192. The molecule has 6 nitrogen and oxygen atoms in total. The molecule has 0 atom stereocenters. The lowest BCUT2D eigenvalue weighted by atomic mass is 10.0. The van der Waals surface area contributed by atoms with Gasteiger partial charge in [-0.05, 0) is 17.7 Å². The van der Waals surface area contributed by atoms with Gasteiger partial charge in [0.25, 0.3) is 11.1 Å². The molecular formula is C15H18ClN3O3S. The van der Waals surface area contributed by atoms with Crippen molar-refractivity contribution in [2.24, 2.45) is 5.92 Å². The lowest BCUT2D eigenvalue weighted by molar-refractivity contribution is -0.125. The summed E-state index contributed by atoms with van der Waals surface area (Å²) in [5.41, 5.74) is 1.33. The van der Waals surface area contributed by atoms with Gasteiger partial charge in [0.2, 0.25) is 5.91 Å². The second-order valence-corrected chi connectivity index (χ2v) is 6.40. The number of carbonyl (C=O) groups is 3. The molecular weight excluding hydrogens is 338 g/mol. The molecule has 0 spiro atoms. The van der Waals surface area contributed by atoms with Gasteiger partial charge >= 0.3 is 0 Å². The third kappa shape index (κ3) is 4.25. The summed E-state index contributed by atoms with van der Waals surface area (Å²) in [6, 6.07) is 7.06. The number of rotatable bonds is 5. The second kappa shape index (κ2) is 7.81. The first-order valence-corrected chi connectivity index (χ1v) is 8.17. The summed E-state index contributed by atoms with van der Waals surface area (Å²) in [5, 5.41) is 5.84. The van der Waals surface area contributed by atoms with E-state index in [1.54, 1.807) is 18.2 Å². The number of hydrogen-bond acceptors (Lipinski definition) is 5. The Morgan fingerprint density at radius 2 is 2.13 bits per heavy atom. The van der Waals surface area contributed by atoms with Crippen LogP contribution in [0.3, 0.4) is 0 Å². The van der Waals surface area contributed by atoms with E-state index < -0.39 is 0 Å². The number of thioether (sulfide) groups is 1. The molecule has 2 fully saturated rings. The standard InChI is InChI=1S/C15H17N3O3S.ClH/c19-13-9-22-15(21)18(13)8-10-2-1-3-12(4-10)14(20)17-7-11-5-16-6-11;/h1-4,11,16H,5-9H2,(H,17,20);1H. The molecule has 8 heteroatoms. The summed E-state index contributed by atoms with van der Waals surface area (Å²) in [6.45, 7) is 2.77. The summed E-state index contributed by atoms with van der Waals surface area (Å²) in [4.78, 5) is 36.6. The van der Waals surface area contributed by atoms with Gasteiger partial charge in [0.05, 0.1) is 12.3 Å². The zero-order valence-electron chi connectivity index (χ0n) is 12.4. The third-order valence-corrected chi connectivity index (χ3v) is 4.65. The van der Waals surface area contributed by atoms with Crippen LogP contribution in [0.4, 0.5) is 4.79 Å². The second-order valence-electron chi connectivity index (χ2n) is 5.47. The van der Waals surface area contributed by atoms with E-state index >= 15 is 0 Å². The molecule has 1 aromatic rings.